The minimum Gasteiger partial charge on any atom is -0.381 e. The van der Waals surface area contributed by atoms with E-state index in [1.165, 1.54) is 0 Å². The number of nitrogens with zero attached hydrogens (tertiary/aromatic N) is 6. The fraction of sp³-hybridized carbons (Fsp3) is 0.429. The molecule has 0 aliphatic carbocycles. The number of aromatic nitrogens is 6. The first-order valence-corrected chi connectivity index (χ1v) is 4.17. The number of nitrogens with two attached hydrogens (primary N) is 1. The predicted octanol–water partition coefficient (Wildman–Crippen LogP) is -0.654. The second kappa shape index (κ2) is 3.09. The van der Waals surface area contributed by atoms with Crippen molar-refractivity contribution in [3.63, 3.8) is 0 Å². The quantitative estimate of drug-likeness (QED) is 0.684. The highest BCUT2D eigenvalue weighted by molar-refractivity contribution is 5.31. The zero-order chi connectivity index (χ0) is 10.1. The molecule has 14 heavy (non-hydrogen) atoms. The van der Waals surface area contributed by atoms with Crippen LogP contribution >= 0.6 is 0 Å². The Bertz CT molecular complexity index is 441. The van der Waals surface area contributed by atoms with Gasteiger partial charge in [0, 0.05) is 7.05 Å². The van der Waals surface area contributed by atoms with E-state index < -0.39 is 0 Å². The Labute approximate surface area is 80.5 Å². The van der Waals surface area contributed by atoms with Crippen LogP contribution in [0.1, 0.15) is 11.5 Å². The molecule has 0 bridgehead atoms. The zero-order valence-corrected chi connectivity index (χ0v) is 8.05. The Balaban J connectivity index is 2.27. The Morgan fingerprint density at radius 2 is 2.21 bits per heavy atom. The highest BCUT2D eigenvalue weighted by Crippen LogP contribution is 2.06. The van der Waals surface area contributed by atoms with E-state index in [0.717, 1.165) is 11.5 Å². The molecule has 0 spiro atoms. The summed E-state index contributed by atoms with van der Waals surface area (Å²) < 4.78 is 3.52. The number of hydrogen-bond donors (Lipinski definition) is 1. The number of rotatable bonds is 2. The van der Waals surface area contributed by atoms with Crippen LogP contribution in [0.4, 0.5) is 5.82 Å². The largest absolute Gasteiger partial charge is 0.381 e. The van der Waals surface area contributed by atoms with Gasteiger partial charge in [-0.25, -0.2) is 4.68 Å². The van der Waals surface area contributed by atoms with Gasteiger partial charge in [-0.15, -0.1) is 15.3 Å². The predicted molar refractivity (Wildman–Crippen MR) is 49.3 cm³/mol. The van der Waals surface area contributed by atoms with Crippen LogP contribution in [0.5, 0.6) is 0 Å². The van der Waals surface area contributed by atoms with Crippen LogP contribution in [0.25, 0.3) is 0 Å². The van der Waals surface area contributed by atoms with Crippen molar-refractivity contribution in [3.8, 4) is 0 Å². The normalized spacial score (nSPS) is 10.7. The van der Waals surface area contributed by atoms with E-state index in [-0.39, 0.29) is 0 Å². The van der Waals surface area contributed by atoms with Crippen molar-refractivity contribution in [2.24, 2.45) is 7.05 Å². The number of nitrogen functional groups attached to an aromatic ring is 1. The Morgan fingerprint density at radius 3 is 2.71 bits per heavy atom. The molecule has 0 aliphatic heterocycles. The van der Waals surface area contributed by atoms with Crippen LogP contribution in [-0.4, -0.2) is 29.8 Å². The number of aryl methyl sites for hydroxylation is 1. The van der Waals surface area contributed by atoms with E-state index in [2.05, 4.69) is 20.5 Å². The first-order valence-electron chi connectivity index (χ1n) is 4.17. The second-order valence-electron chi connectivity index (χ2n) is 3.08. The van der Waals surface area contributed by atoms with Gasteiger partial charge in [0.25, 0.3) is 0 Å². The summed E-state index contributed by atoms with van der Waals surface area (Å²) in [4.78, 5) is 0. The molecule has 2 heterocycles. The molecule has 0 radical (unpaired) electrons. The zero-order valence-electron chi connectivity index (χ0n) is 8.05. The Kier molecular flexibility index (Phi) is 1.91. The van der Waals surface area contributed by atoms with Gasteiger partial charge in [-0.2, -0.15) is 0 Å². The second-order valence-corrected chi connectivity index (χ2v) is 3.08. The molecule has 74 valence electrons. The number of hydrogen-bond acceptors (Lipinski definition) is 5. The minimum atomic E-state index is 0.451. The van der Waals surface area contributed by atoms with Gasteiger partial charge >= 0.3 is 0 Å². The molecular formula is C7H11N7. The lowest BCUT2D eigenvalue weighted by molar-refractivity contribution is 0.593. The highest BCUT2D eigenvalue weighted by Gasteiger charge is 2.08. The maximum absolute atomic E-state index is 5.57. The Morgan fingerprint density at radius 1 is 1.43 bits per heavy atom. The topological polar surface area (TPSA) is 87.4 Å². The van der Waals surface area contributed by atoms with Gasteiger partial charge < -0.3 is 10.3 Å². The van der Waals surface area contributed by atoms with E-state index in [1.54, 1.807) is 11.0 Å². The summed E-state index contributed by atoms with van der Waals surface area (Å²) >= 11 is 0. The molecule has 0 aromatic carbocycles. The van der Waals surface area contributed by atoms with Crippen molar-refractivity contribution in [1.29, 1.82) is 0 Å². The molecule has 0 aliphatic rings. The van der Waals surface area contributed by atoms with Crippen molar-refractivity contribution < 1.29 is 0 Å². The van der Waals surface area contributed by atoms with Crippen molar-refractivity contribution in [2.45, 2.75) is 13.5 Å². The smallest absolute Gasteiger partial charge is 0.168 e. The fourth-order valence-electron chi connectivity index (χ4n) is 1.11. The molecule has 0 fully saturated rings. The van der Waals surface area contributed by atoms with Gasteiger partial charge in [0.15, 0.2) is 11.6 Å². The first-order chi connectivity index (χ1) is 6.68. The van der Waals surface area contributed by atoms with Crippen molar-refractivity contribution >= 4 is 5.82 Å². The summed E-state index contributed by atoms with van der Waals surface area (Å²) in [6, 6.07) is 0. The van der Waals surface area contributed by atoms with Crippen molar-refractivity contribution in [1.82, 2.24) is 29.8 Å². The maximum atomic E-state index is 5.57. The molecule has 2 N–H and O–H groups in total. The molecule has 0 saturated carbocycles. The molecule has 2 aromatic heterocycles. The van der Waals surface area contributed by atoms with E-state index >= 15 is 0 Å². The van der Waals surface area contributed by atoms with Crippen LogP contribution in [0.3, 0.4) is 0 Å². The summed E-state index contributed by atoms with van der Waals surface area (Å²) in [7, 11) is 1.88. The third-order valence-electron chi connectivity index (χ3n) is 2.11. The van der Waals surface area contributed by atoms with Crippen LogP contribution < -0.4 is 5.73 Å². The first kappa shape index (κ1) is 8.67. The molecular weight excluding hydrogens is 182 g/mol. The van der Waals surface area contributed by atoms with Crippen molar-refractivity contribution in [3.05, 3.63) is 17.8 Å². The van der Waals surface area contributed by atoms with Gasteiger partial charge in [-0.05, 0) is 6.92 Å². The van der Waals surface area contributed by atoms with E-state index in [9.17, 15) is 0 Å². The molecule has 7 nitrogen and oxygen atoms in total. The average molecular weight is 193 g/mol. The Hall–Kier alpha value is -1.92. The standard InChI is InChI=1S/C7H11N7/c1-5-7(8)11-12-14(5)3-6-10-9-4-13(6)2/h4H,3,8H2,1-2H3. The molecule has 2 rings (SSSR count). The molecule has 0 unspecified atom stereocenters. The summed E-state index contributed by atoms with van der Waals surface area (Å²) in [5, 5.41) is 15.4. The summed E-state index contributed by atoms with van der Waals surface area (Å²) in [6.45, 7) is 2.40. The highest BCUT2D eigenvalue weighted by atomic mass is 15.5. The summed E-state index contributed by atoms with van der Waals surface area (Å²) in [5.74, 6) is 1.27. The van der Waals surface area contributed by atoms with E-state index in [0.29, 0.717) is 12.4 Å². The minimum absolute atomic E-state index is 0.451. The van der Waals surface area contributed by atoms with Gasteiger partial charge in [-0.3, -0.25) is 0 Å². The molecule has 0 saturated heterocycles. The molecule has 0 amide bonds. The van der Waals surface area contributed by atoms with Crippen LogP contribution in [0.15, 0.2) is 6.33 Å². The maximum Gasteiger partial charge on any atom is 0.168 e. The van der Waals surface area contributed by atoms with E-state index in [1.807, 2.05) is 18.5 Å². The van der Waals surface area contributed by atoms with Crippen LogP contribution in [0.2, 0.25) is 0 Å². The lowest BCUT2D eigenvalue weighted by Crippen LogP contribution is -2.09. The van der Waals surface area contributed by atoms with E-state index in [4.69, 9.17) is 5.73 Å². The van der Waals surface area contributed by atoms with Crippen LogP contribution in [0, 0.1) is 6.92 Å². The van der Waals surface area contributed by atoms with Gasteiger partial charge in [0.1, 0.15) is 12.9 Å². The average Bonchev–Trinajstić information content (AvgIpc) is 2.68. The summed E-state index contributed by atoms with van der Waals surface area (Å²) in [5.41, 5.74) is 6.41. The molecule has 0 atom stereocenters. The van der Waals surface area contributed by atoms with Crippen molar-refractivity contribution in [2.75, 3.05) is 5.73 Å². The van der Waals surface area contributed by atoms with Gasteiger partial charge in [-0.1, -0.05) is 5.21 Å². The lowest BCUT2D eigenvalue weighted by atomic mass is 10.4. The lowest BCUT2D eigenvalue weighted by Gasteiger charge is -2.01. The summed E-state index contributed by atoms with van der Waals surface area (Å²) in [6.07, 6.45) is 1.64. The van der Waals surface area contributed by atoms with Crippen LogP contribution in [-0.2, 0) is 13.6 Å². The number of anilines is 1. The fourth-order valence-corrected chi connectivity index (χ4v) is 1.11. The van der Waals surface area contributed by atoms with Gasteiger partial charge in [0.05, 0.1) is 5.69 Å². The van der Waals surface area contributed by atoms with Gasteiger partial charge in [0.2, 0.25) is 0 Å². The third kappa shape index (κ3) is 1.32. The monoisotopic (exact) mass is 193 g/mol. The SMILES string of the molecule is Cc1c(N)nnn1Cc1nncn1C. The molecule has 7 heteroatoms. The third-order valence-corrected chi connectivity index (χ3v) is 2.11. The molecule has 2 aromatic rings.